The number of rotatable bonds is 13. The molecule has 44 heavy (non-hydrogen) atoms. The van der Waals surface area contributed by atoms with E-state index in [2.05, 4.69) is 68.4 Å². The van der Waals surface area contributed by atoms with Crippen LogP contribution in [0.4, 0.5) is 0 Å². The largest absolute Gasteiger partial charge is 0.378 e. The maximum absolute atomic E-state index is 6.82. The lowest BCUT2D eigenvalue weighted by molar-refractivity contribution is -0.195. The van der Waals surface area contributed by atoms with Crippen molar-refractivity contribution in [3.8, 4) is 0 Å². The van der Waals surface area contributed by atoms with Crippen molar-refractivity contribution in [2.45, 2.75) is 203 Å². The number of hydrogen-bond acceptors (Lipinski definition) is 1. The molecule has 5 rings (SSSR count). The van der Waals surface area contributed by atoms with Gasteiger partial charge in [-0.05, 0) is 121 Å². The molecule has 0 heterocycles. The van der Waals surface area contributed by atoms with Crippen molar-refractivity contribution < 1.29 is 4.74 Å². The molecule has 0 aromatic heterocycles. The third kappa shape index (κ3) is 6.42. The van der Waals surface area contributed by atoms with Gasteiger partial charge in [0.1, 0.15) is 0 Å². The maximum atomic E-state index is 6.82. The van der Waals surface area contributed by atoms with Gasteiger partial charge >= 0.3 is 0 Å². The van der Waals surface area contributed by atoms with Crippen molar-refractivity contribution in [2.75, 3.05) is 6.61 Å². The molecular formula is C43H76O. The van der Waals surface area contributed by atoms with Crippen LogP contribution < -0.4 is 0 Å². The maximum Gasteiger partial charge on any atom is 0.0629 e. The molecule has 0 aliphatic heterocycles. The van der Waals surface area contributed by atoms with E-state index in [1.165, 1.54) is 135 Å². The standard InChI is InChI=1S/C43H76O/c1-10-11-12-13-14-15-16-17-18-19-20-31-44-37-24-28-41(7)33(39(37,4)5)22-26-42(8)34-21-25-40(6)30-29-38(2,3)32-36(40)43(34,9)27-23-35(41)42/h21,33,35-37H,10-20,22-32H2,1-9H3/t33-,35+,36+,37-,40-,41-,42-,43+/m0/s1. The van der Waals surface area contributed by atoms with Crippen molar-refractivity contribution in [3.05, 3.63) is 11.6 Å². The predicted octanol–water partition coefficient (Wildman–Crippen LogP) is 13.5. The van der Waals surface area contributed by atoms with Gasteiger partial charge in [0.05, 0.1) is 6.10 Å². The third-order valence-corrected chi connectivity index (χ3v) is 15.7. The van der Waals surface area contributed by atoms with Crippen LogP contribution >= 0.6 is 0 Å². The van der Waals surface area contributed by atoms with E-state index in [-0.39, 0.29) is 5.41 Å². The van der Waals surface area contributed by atoms with Gasteiger partial charge in [-0.15, -0.1) is 0 Å². The highest BCUT2D eigenvalue weighted by Gasteiger charge is 2.66. The van der Waals surface area contributed by atoms with E-state index in [0.717, 1.165) is 24.4 Å². The summed E-state index contributed by atoms with van der Waals surface area (Å²) in [7, 11) is 0. The van der Waals surface area contributed by atoms with Gasteiger partial charge in [0.25, 0.3) is 0 Å². The summed E-state index contributed by atoms with van der Waals surface area (Å²) in [5.41, 5.74) is 4.47. The molecule has 8 atom stereocenters. The zero-order chi connectivity index (χ0) is 31.9. The molecule has 1 nitrogen and oxygen atoms in total. The smallest absolute Gasteiger partial charge is 0.0629 e. The van der Waals surface area contributed by atoms with Crippen LogP contribution in [0.3, 0.4) is 0 Å². The molecule has 0 saturated heterocycles. The normalized spacial score (nSPS) is 42.4. The van der Waals surface area contributed by atoms with Gasteiger partial charge in [-0.1, -0.05) is 138 Å². The van der Waals surface area contributed by atoms with E-state index in [1.807, 2.05) is 5.57 Å². The Balaban J connectivity index is 1.16. The second kappa shape index (κ2) is 13.3. The minimum atomic E-state index is 0.278. The topological polar surface area (TPSA) is 9.23 Å². The molecule has 0 unspecified atom stereocenters. The van der Waals surface area contributed by atoms with E-state index < -0.39 is 0 Å². The highest BCUT2D eigenvalue weighted by molar-refractivity contribution is 5.34. The van der Waals surface area contributed by atoms with Crippen LogP contribution in [-0.4, -0.2) is 12.7 Å². The number of hydrogen-bond donors (Lipinski definition) is 0. The average Bonchev–Trinajstić information content (AvgIpc) is 2.95. The molecule has 4 fully saturated rings. The molecule has 0 bridgehead atoms. The molecule has 5 aliphatic carbocycles. The number of unbranched alkanes of at least 4 members (excludes halogenated alkanes) is 10. The van der Waals surface area contributed by atoms with Gasteiger partial charge in [0.15, 0.2) is 0 Å². The summed E-state index contributed by atoms with van der Waals surface area (Å²) in [5.74, 6) is 2.48. The molecule has 0 radical (unpaired) electrons. The number of ether oxygens (including phenoxy) is 1. The highest BCUT2D eigenvalue weighted by atomic mass is 16.5. The third-order valence-electron chi connectivity index (χ3n) is 15.7. The van der Waals surface area contributed by atoms with Gasteiger partial charge in [-0.2, -0.15) is 0 Å². The molecule has 0 amide bonds. The molecule has 1 heteroatoms. The lowest BCUT2D eigenvalue weighted by Gasteiger charge is -2.70. The predicted molar refractivity (Wildman–Crippen MR) is 191 cm³/mol. The van der Waals surface area contributed by atoms with Gasteiger partial charge < -0.3 is 4.74 Å². The van der Waals surface area contributed by atoms with Gasteiger partial charge in [-0.25, -0.2) is 0 Å². The van der Waals surface area contributed by atoms with E-state index in [1.54, 1.807) is 0 Å². The summed E-state index contributed by atoms with van der Waals surface area (Å²) in [4.78, 5) is 0. The van der Waals surface area contributed by atoms with Crippen molar-refractivity contribution in [2.24, 2.45) is 50.2 Å². The van der Waals surface area contributed by atoms with E-state index in [4.69, 9.17) is 4.74 Å². The minimum Gasteiger partial charge on any atom is -0.378 e. The second-order valence-electron chi connectivity index (χ2n) is 19.7. The van der Waals surface area contributed by atoms with Crippen molar-refractivity contribution >= 4 is 0 Å². The van der Waals surface area contributed by atoms with Crippen LogP contribution in [0.5, 0.6) is 0 Å². The first-order valence-corrected chi connectivity index (χ1v) is 20.1. The van der Waals surface area contributed by atoms with Crippen LogP contribution in [0.15, 0.2) is 11.6 Å². The summed E-state index contributed by atoms with van der Waals surface area (Å²) in [5, 5.41) is 0. The zero-order valence-electron chi connectivity index (χ0n) is 31.4. The van der Waals surface area contributed by atoms with Crippen LogP contribution in [0.25, 0.3) is 0 Å². The first-order chi connectivity index (χ1) is 20.7. The Kier molecular flexibility index (Phi) is 10.6. The van der Waals surface area contributed by atoms with Crippen molar-refractivity contribution in [3.63, 3.8) is 0 Å². The van der Waals surface area contributed by atoms with Gasteiger partial charge in [0, 0.05) is 6.61 Å². The van der Waals surface area contributed by atoms with E-state index in [9.17, 15) is 0 Å². The van der Waals surface area contributed by atoms with E-state index >= 15 is 0 Å². The first-order valence-electron chi connectivity index (χ1n) is 20.1. The molecule has 254 valence electrons. The van der Waals surface area contributed by atoms with Crippen LogP contribution in [0.2, 0.25) is 0 Å². The monoisotopic (exact) mass is 609 g/mol. The van der Waals surface area contributed by atoms with Crippen LogP contribution in [0.1, 0.15) is 197 Å². The quantitative estimate of drug-likeness (QED) is 0.149. The Hall–Kier alpha value is -0.300. The molecular weight excluding hydrogens is 532 g/mol. The number of allylic oxidation sites excluding steroid dienone is 2. The first kappa shape index (κ1) is 35.0. The molecule has 0 aromatic carbocycles. The Morgan fingerprint density at radius 2 is 1.18 bits per heavy atom. The summed E-state index contributed by atoms with van der Waals surface area (Å²) in [6.07, 6.45) is 32.7. The lowest BCUT2D eigenvalue weighted by Crippen LogP contribution is -2.63. The fourth-order valence-corrected chi connectivity index (χ4v) is 13.1. The highest BCUT2D eigenvalue weighted by Crippen LogP contribution is 2.75. The van der Waals surface area contributed by atoms with Crippen LogP contribution in [-0.2, 0) is 4.74 Å². The SMILES string of the molecule is CCCCCCCCCCCCCO[C@H]1CC[C@]2(C)[C@H]3CC[C@]4(C)C(=CC[C@@]5(C)CCC(C)(C)C[C@H]54)[C@]3(C)CC[C@H]2C1(C)C. The zero-order valence-corrected chi connectivity index (χ0v) is 31.4. The van der Waals surface area contributed by atoms with Crippen molar-refractivity contribution in [1.29, 1.82) is 0 Å². The Morgan fingerprint density at radius 3 is 1.82 bits per heavy atom. The molecule has 5 aliphatic rings. The minimum absolute atomic E-state index is 0.278. The van der Waals surface area contributed by atoms with Crippen molar-refractivity contribution in [1.82, 2.24) is 0 Å². The van der Waals surface area contributed by atoms with Gasteiger partial charge in [-0.3, -0.25) is 0 Å². The second-order valence-corrected chi connectivity index (χ2v) is 19.7. The average molecular weight is 609 g/mol. The fraction of sp³-hybridized carbons (Fsp3) is 0.953. The fourth-order valence-electron chi connectivity index (χ4n) is 13.1. The summed E-state index contributed by atoms with van der Waals surface area (Å²) in [6.45, 7) is 24.5. The molecule has 0 spiro atoms. The Labute approximate surface area is 275 Å². The Bertz CT molecular complexity index is 989. The lowest BCUT2D eigenvalue weighted by atomic mass is 9.34. The molecule has 0 N–H and O–H groups in total. The van der Waals surface area contributed by atoms with Gasteiger partial charge in [0.2, 0.25) is 0 Å². The number of fused-ring (bicyclic) bond motifs is 7. The summed E-state index contributed by atoms with van der Waals surface area (Å²) < 4.78 is 6.82. The van der Waals surface area contributed by atoms with E-state index in [0.29, 0.717) is 33.2 Å². The van der Waals surface area contributed by atoms with Crippen LogP contribution in [0, 0.1) is 50.2 Å². The summed E-state index contributed by atoms with van der Waals surface area (Å²) >= 11 is 0. The Morgan fingerprint density at radius 1 is 0.614 bits per heavy atom. The summed E-state index contributed by atoms with van der Waals surface area (Å²) in [6, 6.07) is 0. The molecule has 4 saturated carbocycles. The molecule has 0 aromatic rings.